The van der Waals surface area contributed by atoms with Crippen LogP contribution in [0, 0.1) is 11.3 Å². The van der Waals surface area contributed by atoms with Crippen molar-refractivity contribution in [1.82, 2.24) is 9.62 Å². The normalized spacial score (nSPS) is 26.6. The van der Waals surface area contributed by atoms with Crippen LogP contribution in [0.5, 0.6) is 5.75 Å². The van der Waals surface area contributed by atoms with Gasteiger partial charge in [0.2, 0.25) is 10.0 Å². The van der Waals surface area contributed by atoms with Crippen molar-refractivity contribution in [2.45, 2.75) is 43.4 Å². The first-order chi connectivity index (χ1) is 12.1. The third-order valence-corrected chi connectivity index (χ3v) is 7.96. The van der Waals surface area contributed by atoms with Crippen molar-refractivity contribution in [2.75, 3.05) is 32.8 Å². The number of nitrogens with one attached hydrogen (secondary N) is 1. The van der Waals surface area contributed by atoms with Gasteiger partial charge in [0.05, 0.1) is 6.61 Å². The van der Waals surface area contributed by atoms with Crippen LogP contribution >= 0.6 is 0 Å². The summed E-state index contributed by atoms with van der Waals surface area (Å²) in [6.07, 6.45) is 6.69. The fourth-order valence-electron chi connectivity index (χ4n) is 4.56. The number of sulfonamides is 1. The minimum Gasteiger partial charge on any atom is -0.492 e. The van der Waals surface area contributed by atoms with E-state index in [4.69, 9.17) is 4.74 Å². The van der Waals surface area contributed by atoms with E-state index in [1.54, 1.807) is 22.5 Å². The molecule has 1 aromatic rings. The minimum absolute atomic E-state index is 0.0789. The van der Waals surface area contributed by atoms with Crippen LogP contribution < -0.4 is 10.1 Å². The zero-order valence-electron chi connectivity index (χ0n) is 14.7. The predicted molar refractivity (Wildman–Crippen MR) is 97.2 cm³/mol. The van der Waals surface area contributed by atoms with E-state index in [0.29, 0.717) is 36.3 Å². The highest BCUT2D eigenvalue weighted by atomic mass is 32.2. The van der Waals surface area contributed by atoms with Crippen LogP contribution in [0.4, 0.5) is 0 Å². The van der Waals surface area contributed by atoms with Crippen LogP contribution in [0.1, 0.15) is 38.5 Å². The maximum atomic E-state index is 13.4. The molecule has 6 heteroatoms. The average Bonchev–Trinajstić information content (AvgIpc) is 3.13. The number of fused-ring (bicyclic) bond motifs is 1. The number of hydrogen-bond donors (Lipinski definition) is 1. The van der Waals surface area contributed by atoms with E-state index in [9.17, 15) is 8.42 Å². The van der Waals surface area contributed by atoms with Crippen LogP contribution in [0.2, 0.25) is 0 Å². The molecule has 0 radical (unpaired) electrons. The molecule has 1 saturated heterocycles. The van der Waals surface area contributed by atoms with Crippen LogP contribution in [-0.4, -0.2) is 45.5 Å². The van der Waals surface area contributed by atoms with Gasteiger partial charge in [-0.3, -0.25) is 0 Å². The van der Waals surface area contributed by atoms with Crippen LogP contribution in [0.15, 0.2) is 29.2 Å². The first-order valence-corrected chi connectivity index (χ1v) is 11.0. The van der Waals surface area contributed by atoms with Gasteiger partial charge in [-0.2, -0.15) is 4.31 Å². The van der Waals surface area contributed by atoms with Crippen molar-refractivity contribution in [3.05, 3.63) is 24.3 Å². The van der Waals surface area contributed by atoms with E-state index in [0.717, 1.165) is 38.8 Å². The monoisotopic (exact) mass is 364 g/mol. The van der Waals surface area contributed by atoms with Gasteiger partial charge < -0.3 is 10.1 Å². The number of para-hydroxylation sites is 1. The summed E-state index contributed by atoms with van der Waals surface area (Å²) in [6.45, 7) is 3.71. The fraction of sp³-hybridized carbons (Fsp3) is 0.684. The molecule has 1 N–H and O–H groups in total. The summed E-state index contributed by atoms with van der Waals surface area (Å²) in [5, 5.41) is 3.40. The number of benzene rings is 1. The smallest absolute Gasteiger partial charge is 0.246 e. The Hall–Kier alpha value is -1.11. The number of ether oxygens (including phenoxy) is 1. The molecule has 1 aliphatic carbocycles. The topological polar surface area (TPSA) is 58.6 Å². The first-order valence-electron chi connectivity index (χ1n) is 9.52. The molecule has 5 nitrogen and oxygen atoms in total. The SMILES string of the molecule is O=S1(=O)c2ccccc2OCC2(CCNCC2)CN1CC1CCCC1. The molecule has 0 unspecified atom stereocenters. The molecular weight excluding hydrogens is 336 g/mol. The molecule has 0 amide bonds. The third-order valence-electron chi connectivity index (χ3n) is 6.11. The molecular formula is C19H28N2O3S. The quantitative estimate of drug-likeness (QED) is 0.876. The van der Waals surface area contributed by atoms with E-state index >= 15 is 0 Å². The maximum Gasteiger partial charge on any atom is 0.246 e. The lowest BCUT2D eigenvalue weighted by atomic mass is 9.79. The largest absolute Gasteiger partial charge is 0.492 e. The lowest BCUT2D eigenvalue weighted by molar-refractivity contribution is 0.0723. The van der Waals surface area contributed by atoms with Gasteiger partial charge in [0, 0.05) is 18.5 Å². The van der Waals surface area contributed by atoms with Crippen LogP contribution in [0.25, 0.3) is 0 Å². The second kappa shape index (κ2) is 6.89. The van der Waals surface area contributed by atoms with E-state index in [1.165, 1.54) is 12.8 Å². The van der Waals surface area contributed by atoms with Gasteiger partial charge in [-0.15, -0.1) is 0 Å². The molecule has 0 atom stereocenters. The van der Waals surface area contributed by atoms with E-state index in [-0.39, 0.29) is 5.41 Å². The molecule has 0 bridgehead atoms. The Labute approximate surface area is 150 Å². The molecule has 1 aromatic carbocycles. The van der Waals surface area contributed by atoms with Gasteiger partial charge in [0.15, 0.2) is 0 Å². The number of piperidine rings is 1. The highest BCUT2D eigenvalue weighted by Crippen LogP contribution is 2.39. The fourth-order valence-corrected chi connectivity index (χ4v) is 6.32. The lowest BCUT2D eigenvalue weighted by Gasteiger charge is -2.42. The Morgan fingerprint density at radius 2 is 1.88 bits per heavy atom. The standard InChI is InChI=1S/C19H28N2O3S/c22-25(23)18-8-4-3-7-17(18)24-15-19(9-11-20-12-10-19)14-21(25)13-16-5-1-2-6-16/h3-4,7-8,16,20H,1-2,5-6,9-15H2. The zero-order chi connectivity index (χ0) is 17.3. The molecule has 25 heavy (non-hydrogen) atoms. The van der Waals surface area contributed by atoms with Gasteiger partial charge in [0.1, 0.15) is 10.6 Å². The van der Waals surface area contributed by atoms with Crippen molar-refractivity contribution in [3.8, 4) is 5.75 Å². The Morgan fingerprint density at radius 1 is 1.16 bits per heavy atom. The van der Waals surface area contributed by atoms with Crippen molar-refractivity contribution in [3.63, 3.8) is 0 Å². The van der Waals surface area contributed by atoms with Gasteiger partial charge in [-0.25, -0.2) is 8.42 Å². The summed E-state index contributed by atoms with van der Waals surface area (Å²) < 4.78 is 34.7. The first kappa shape index (κ1) is 17.3. The zero-order valence-corrected chi connectivity index (χ0v) is 15.6. The van der Waals surface area contributed by atoms with E-state index < -0.39 is 10.0 Å². The molecule has 1 spiro atoms. The molecule has 2 fully saturated rings. The van der Waals surface area contributed by atoms with E-state index in [2.05, 4.69) is 5.32 Å². The molecule has 3 aliphatic rings. The summed E-state index contributed by atoms with van der Waals surface area (Å²) in [5.41, 5.74) is -0.0789. The Bertz CT molecular complexity index is 707. The van der Waals surface area contributed by atoms with Gasteiger partial charge in [0.25, 0.3) is 0 Å². The second-order valence-corrected chi connectivity index (χ2v) is 9.84. The highest BCUT2D eigenvalue weighted by molar-refractivity contribution is 7.89. The number of nitrogens with zero attached hydrogens (tertiary/aromatic N) is 1. The lowest BCUT2D eigenvalue weighted by Crippen LogP contribution is -2.51. The van der Waals surface area contributed by atoms with Crippen LogP contribution in [0.3, 0.4) is 0 Å². The van der Waals surface area contributed by atoms with E-state index in [1.807, 2.05) is 6.07 Å². The summed E-state index contributed by atoms with van der Waals surface area (Å²) in [4.78, 5) is 0.330. The Kier molecular flexibility index (Phi) is 4.77. The van der Waals surface area contributed by atoms with Crippen molar-refractivity contribution >= 4 is 10.0 Å². The summed E-state index contributed by atoms with van der Waals surface area (Å²) in [6, 6.07) is 7.12. The number of rotatable bonds is 2. The second-order valence-electron chi connectivity index (χ2n) is 7.93. The minimum atomic E-state index is -3.52. The maximum absolute atomic E-state index is 13.4. The number of hydrogen-bond acceptors (Lipinski definition) is 4. The van der Waals surface area contributed by atoms with Crippen LogP contribution in [-0.2, 0) is 10.0 Å². The van der Waals surface area contributed by atoms with Gasteiger partial charge in [-0.1, -0.05) is 25.0 Å². The predicted octanol–water partition coefficient (Wildman–Crippen LogP) is 2.63. The molecule has 0 aromatic heterocycles. The highest BCUT2D eigenvalue weighted by Gasteiger charge is 2.42. The average molecular weight is 365 g/mol. The Balaban J connectivity index is 1.71. The van der Waals surface area contributed by atoms with Gasteiger partial charge >= 0.3 is 0 Å². The summed E-state index contributed by atoms with van der Waals surface area (Å²) in [7, 11) is -3.52. The summed E-state index contributed by atoms with van der Waals surface area (Å²) >= 11 is 0. The Morgan fingerprint density at radius 3 is 2.64 bits per heavy atom. The van der Waals surface area contributed by atoms with Crippen molar-refractivity contribution < 1.29 is 13.2 Å². The third kappa shape index (κ3) is 3.44. The summed E-state index contributed by atoms with van der Waals surface area (Å²) in [5.74, 6) is 1.01. The molecule has 1 saturated carbocycles. The molecule has 138 valence electrons. The van der Waals surface area contributed by atoms with Crippen molar-refractivity contribution in [2.24, 2.45) is 11.3 Å². The molecule has 2 heterocycles. The van der Waals surface area contributed by atoms with Gasteiger partial charge in [-0.05, 0) is 56.8 Å². The molecule has 4 rings (SSSR count). The van der Waals surface area contributed by atoms with Crippen molar-refractivity contribution in [1.29, 1.82) is 0 Å². The molecule has 2 aliphatic heterocycles.